The number of hydrogen-bond donors (Lipinski definition) is 1. The Balaban J connectivity index is 2.50. The first-order chi connectivity index (χ1) is 12.1. The maximum absolute atomic E-state index is 10.6. The summed E-state index contributed by atoms with van der Waals surface area (Å²) in [6, 6.07) is 10.1. The minimum absolute atomic E-state index is 0.162. The van der Waals surface area contributed by atoms with Gasteiger partial charge in [-0.25, -0.2) is 0 Å². The minimum atomic E-state index is -2.87. The van der Waals surface area contributed by atoms with Crippen LogP contribution in [0.4, 0.5) is 0 Å². The molecule has 0 spiro atoms. The first-order valence-electron chi connectivity index (χ1n) is 8.81. The lowest BCUT2D eigenvalue weighted by Crippen LogP contribution is -2.42. The molecule has 1 rings (SSSR count). The van der Waals surface area contributed by atoms with Crippen LogP contribution in [-0.4, -0.2) is 38.1 Å². The largest absolute Gasteiger partial charge is 0.416 e. The van der Waals surface area contributed by atoms with Crippen LogP contribution in [0, 0.1) is 5.92 Å². The lowest BCUT2D eigenvalue weighted by Gasteiger charge is -2.37. The fraction of sp³-hybridized carbons (Fsp3) is 0.667. The molecule has 8 heteroatoms. The SMILES string of the molecule is CC(C)(C)[Si](C)(C)OCC(COCc1ccccc1)CSCO[PH](=O)O. The van der Waals surface area contributed by atoms with E-state index in [2.05, 4.69) is 33.9 Å². The summed E-state index contributed by atoms with van der Waals surface area (Å²) >= 11 is 1.49. The Hall–Kier alpha value is -0.143. The van der Waals surface area contributed by atoms with E-state index >= 15 is 0 Å². The molecule has 0 amide bonds. The van der Waals surface area contributed by atoms with Gasteiger partial charge in [-0.1, -0.05) is 51.1 Å². The summed E-state index contributed by atoms with van der Waals surface area (Å²) in [7, 11) is -4.68. The molecular formula is C18H33O5PSSi. The standard InChI is InChI=1S/C18H33O5PSSi/c1-18(2,3)26(4,5)23-13-17(14-25-15-22-24(19)20)12-21-11-16-9-7-6-8-10-16/h6-10,17,24H,11-15H2,1-5H3,(H,19,20). The van der Waals surface area contributed by atoms with Gasteiger partial charge in [0.15, 0.2) is 8.32 Å². The van der Waals surface area contributed by atoms with Crippen LogP contribution >= 0.6 is 20.0 Å². The van der Waals surface area contributed by atoms with Gasteiger partial charge in [0.05, 0.1) is 13.2 Å². The molecule has 0 aromatic heterocycles. The Morgan fingerprint density at radius 3 is 2.42 bits per heavy atom. The zero-order valence-corrected chi connectivity index (χ0v) is 19.3. The summed E-state index contributed by atoms with van der Waals surface area (Å²) < 4.78 is 27.6. The van der Waals surface area contributed by atoms with E-state index in [1.807, 2.05) is 30.3 Å². The molecule has 1 aromatic rings. The average molecular weight is 421 g/mol. The van der Waals surface area contributed by atoms with Crippen molar-refractivity contribution in [1.29, 1.82) is 0 Å². The summed E-state index contributed by atoms with van der Waals surface area (Å²) in [6.07, 6.45) is 0. The summed E-state index contributed by atoms with van der Waals surface area (Å²) in [5, 5.41) is 0.162. The van der Waals surface area contributed by atoms with Gasteiger partial charge < -0.3 is 14.1 Å². The number of rotatable bonds is 12. The highest BCUT2D eigenvalue weighted by atomic mass is 32.2. The topological polar surface area (TPSA) is 65.0 Å². The van der Waals surface area contributed by atoms with Gasteiger partial charge in [0.2, 0.25) is 0 Å². The van der Waals surface area contributed by atoms with E-state index in [-0.39, 0.29) is 16.9 Å². The maximum atomic E-state index is 10.6. The van der Waals surface area contributed by atoms with Crippen LogP contribution in [-0.2, 0) is 24.9 Å². The van der Waals surface area contributed by atoms with Crippen LogP contribution in [0.1, 0.15) is 26.3 Å². The van der Waals surface area contributed by atoms with Gasteiger partial charge in [0.1, 0.15) is 5.94 Å². The molecule has 1 aromatic carbocycles. The van der Waals surface area contributed by atoms with Crippen molar-refractivity contribution in [1.82, 2.24) is 0 Å². The van der Waals surface area contributed by atoms with Crippen molar-refractivity contribution in [3.8, 4) is 0 Å². The van der Waals surface area contributed by atoms with Crippen molar-refractivity contribution in [3.63, 3.8) is 0 Å². The predicted molar refractivity (Wildman–Crippen MR) is 112 cm³/mol. The molecule has 0 radical (unpaired) electrons. The third kappa shape index (κ3) is 9.69. The second-order valence-electron chi connectivity index (χ2n) is 7.84. The average Bonchev–Trinajstić information content (AvgIpc) is 2.55. The van der Waals surface area contributed by atoms with E-state index in [9.17, 15) is 4.57 Å². The smallest absolute Gasteiger partial charge is 0.317 e. The number of thioether (sulfide) groups is 1. The normalized spacial score (nSPS) is 15.0. The van der Waals surface area contributed by atoms with E-state index < -0.39 is 16.6 Å². The lowest BCUT2D eigenvalue weighted by molar-refractivity contribution is 0.0731. The van der Waals surface area contributed by atoms with E-state index in [1.54, 1.807) is 0 Å². The Labute approximate surface area is 163 Å². The molecule has 0 fully saturated rings. The van der Waals surface area contributed by atoms with E-state index in [1.165, 1.54) is 11.8 Å². The molecule has 1 N–H and O–H groups in total. The Morgan fingerprint density at radius 2 is 1.85 bits per heavy atom. The Bertz CT molecular complexity index is 536. The summed E-state index contributed by atoms with van der Waals surface area (Å²) in [5.74, 6) is 1.18. The van der Waals surface area contributed by atoms with E-state index in [0.29, 0.717) is 19.8 Å². The van der Waals surface area contributed by atoms with Crippen molar-refractivity contribution < 1.29 is 23.1 Å². The van der Waals surface area contributed by atoms with Crippen LogP contribution in [0.15, 0.2) is 30.3 Å². The van der Waals surface area contributed by atoms with Crippen LogP contribution in [0.25, 0.3) is 0 Å². The summed E-state index contributed by atoms with van der Waals surface area (Å²) in [6.45, 7) is 12.9. The van der Waals surface area contributed by atoms with Crippen molar-refractivity contribution >= 4 is 28.3 Å². The minimum Gasteiger partial charge on any atom is -0.416 e. The second kappa shape index (κ2) is 11.6. The van der Waals surface area contributed by atoms with E-state index in [0.717, 1.165) is 11.3 Å². The Morgan fingerprint density at radius 1 is 1.19 bits per heavy atom. The Kier molecular flexibility index (Phi) is 10.7. The van der Waals surface area contributed by atoms with Gasteiger partial charge in [0.25, 0.3) is 0 Å². The fourth-order valence-electron chi connectivity index (χ4n) is 1.91. The number of benzene rings is 1. The van der Waals surface area contributed by atoms with Gasteiger partial charge in [-0.2, -0.15) is 0 Å². The lowest BCUT2D eigenvalue weighted by atomic mass is 10.2. The van der Waals surface area contributed by atoms with Crippen LogP contribution in [0.5, 0.6) is 0 Å². The third-order valence-corrected chi connectivity index (χ3v) is 10.7. The zero-order chi connectivity index (χ0) is 19.6. The van der Waals surface area contributed by atoms with Gasteiger partial charge >= 0.3 is 8.25 Å². The highest BCUT2D eigenvalue weighted by Crippen LogP contribution is 2.37. The summed E-state index contributed by atoms with van der Waals surface area (Å²) in [5.41, 5.74) is 1.14. The van der Waals surface area contributed by atoms with Gasteiger partial charge in [0, 0.05) is 18.3 Å². The molecule has 0 aliphatic heterocycles. The van der Waals surface area contributed by atoms with Gasteiger partial charge in [-0.15, -0.1) is 11.8 Å². The molecule has 150 valence electrons. The molecular weight excluding hydrogens is 387 g/mol. The molecule has 5 nitrogen and oxygen atoms in total. The van der Waals surface area contributed by atoms with E-state index in [4.69, 9.17) is 18.6 Å². The predicted octanol–water partition coefficient (Wildman–Crippen LogP) is 4.93. The monoisotopic (exact) mass is 420 g/mol. The van der Waals surface area contributed by atoms with Crippen LogP contribution < -0.4 is 0 Å². The first-order valence-corrected chi connectivity index (χ1v) is 14.1. The molecule has 0 saturated heterocycles. The molecule has 2 atom stereocenters. The third-order valence-electron chi connectivity index (χ3n) is 4.57. The number of hydrogen-bond acceptors (Lipinski definition) is 5. The van der Waals surface area contributed by atoms with Gasteiger partial charge in [-0.3, -0.25) is 9.09 Å². The quantitative estimate of drug-likeness (QED) is 0.224. The molecule has 0 saturated carbocycles. The van der Waals surface area contributed by atoms with Crippen molar-refractivity contribution in [3.05, 3.63) is 35.9 Å². The zero-order valence-electron chi connectivity index (χ0n) is 16.5. The highest BCUT2D eigenvalue weighted by molar-refractivity contribution is 7.99. The highest BCUT2D eigenvalue weighted by Gasteiger charge is 2.37. The van der Waals surface area contributed by atoms with Gasteiger partial charge in [-0.05, 0) is 23.7 Å². The van der Waals surface area contributed by atoms with Crippen molar-refractivity contribution in [2.45, 2.75) is 45.5 Å². The molecule has 0 aliphatic rings. The number of ether oxygens (including phenoxy) is 1. The molecule has 0 aliphatic carbocycles. The maximum Gasteiger partial charge on any atom is 0.317 e. The van der Waals surface area contributed by atoms with Crippen LogP contribution in [0.2, 0.25) is 18.1 Å². The second-order valence-corrected chi connectivity index (χ2v) is 14.4. The molecule has 26 heavy (non-hydrogen) atoms. The first kappa shape index (κ1) is 23.9. The van der Waals surface area contributed by atoms with Crippen molar-refractivity contribution in [2.75, 3.05) is 24.9 Å². The molecule has 0 bridgehead atoms. The van der Waals surface area contributed by atoms with Crippen LogP contribution in [0.3, 0.4) is 0 Å². The molecule has 0 heterocycles. The fourth-order valence-corrected chi connectivity index (χ4v) is 4.36. The summed E-state index contributed by atoms with van der Waals surface area (Å²) in [4.78, 5) is 8.75. The molecule has 2 unspecified atom stereocenters. The van der Waals surface area contributed by atoms with Crippen molar-refractivity contribution in [2.24, 2.45) is 5.92 Å².